The Kier molecular flexibility index (Phi) is 17.9. The molecule has 6 aromatic carbocycles. The number of aromatic nitrogens is 2. The summed E-state index contributed by atoms with van der Waals surface area (Å²) in [4.78, 5) is 55.4. The number of rotatable bonds is 18. The van der Waals surface area contributed by atoms with Crippen molar-refractivity contribution in [3.8, 4) is 44.5 Å². The van der Waals surface area contributed by atoms with Gasteiger partial charge in [-0.25, -0.2) is 18.4 Å². The maximum atomic E-state index is 13.4. The van der Waals surface area contributed by atoms with E-state index < -0.39 is 11.9 Å². The third-order valence-corrected chi connectivity index (χ3v) is 11.9. The molecule has 2 heterocycles. The Morgan fingerprint density at radius 2 is 0.817 bits per heavy atom. The predicted molar refractivity (Wildman–Crippen MR) is 277 cm³/mol. The van der Waals surface area contributed by atoms with Crippen LogP contribution in [0, 0.1) is 11.6 Å². The smallest absolute Gasteiger partial charge is 0.335 e. The Balaban J connectivity index is 0.000000229. The van der Waals surface area contributed by atoms with Crippen LogP contribution in [0.25, 0.3) is 66.3 Å². The number of nitrogens with one attached hydrogen (secondary N) is 4. The second-order valence-electron chi connectivity index (χ2n) is 16.9. The first kappa shape index (κ1) is 52.6. The lowest BCUT2D eigenvalue weighted by Gasteiger charge is -2.12. The van der Waals surface area contributed by atoms with Crippen LogP contribution in [0.4, 0.5) is 8.78 Å². The topological polar surface area (TPSA) is 268 Å². The molecule has 368 valence electrons. The zero-order chi connectivity index (χ0) is 49.9. The summed E-state index contributed by atoms with van der Waals surface area (Å²) in [6.07, 6.45) is 2.95. The van der Waals surface area contributed by atoms with E-state index in [1.165, 1.54) is 48.5 Å². The molecule has 0 saturated heterocycles. The lowest BCUT2D eigenvalue weighted by molar-refractivity contribution is 0.0686. The molecule has 17 heteroatoms. The van der Waals surface area contributed by atoms with E-state index in [-0.39, 0.29) is 59.1 Å². The van der Waals surface area contributed by atoms with Crippen molar-refractivity contribution in [2.75, 3.05) is 26.2 Å². The molecule has 0 unspecified atom stereocenters. The Bertz CT molecular complexity index is 2910. The fraction of sp³-hybridized carbons (Fsp3) is 0.185. The van der Waals surface area contributed by atoms with E-state index in [0.717, 1.165) is 56.9 Å². The van der Waals surface area contributed by atoms with E-state index in [1.807, 2.05) is 36.4 Å². The molecule has 2 amide bonds. The van der Waals surface area contributed by atoms with Gasteiger partial charge in [-0.15, -0.1) is 12.4 Å². The van der Waals surface area contributed by atoms with Crippen LogP contribution in [0.3, 0.4) is 0 Å². The molecule has 71 heavy (non-hydrogen) atoms. The summed E-state index contributed by atoms with van der Waals surface area (Å²) in [7, 11) is 0. The van der Waals surface area contributed by atoms with Gasteiger partial charge in [0.1, 0.15) is 23.0 Å². The van der Waals surface area contributed by atoms with Crippen molar-refractivity contribution >= 4 is 58.0 Å². The average molecular weight is 986 g/mol. The SMILES string of the molecule is Cl.NCCC[C@H](N)CNC(=O)c1[nH]c2cc(-c3ccc(F)cc3)ccc2c1-c1ccc(C(=O)O)cc1.NCCC[C@H](N)CNC(=O)c1[nH]c2cc(-c3ccc(F)cc3)ccc2c1-c1ccc(C(=O)O)cc1. The Morgan fingerprint density at radius 1 is 0.493 bits per heavy atom. The lowest BCUT2D eigenvalue weighted by atomic mass is 9.98. The zero-order valence-electron chi connectivity index (χ0n) is 38.5. The molecule has 0 fully saturated rings. The number of halogens is 3. The molecule has 0 aliphatic rings. The lowest BCUT2D eigenvalue weighted by Crippen LogP contribution is -2.37. The van der Waals surface area contributed by atoms with Crippen LogP contribution in [-0.2, 0) is 0 Å². The highest BCUT2D eigenvalue weighted by molar-refractivity contribution is 6.12. The monoisotopic (exact) mass is 984 g/mol. The Hall–Kier alpha value is -7.73. The summed E-state index contributed by atoms with van der Waals surface area (Å²) in [5.41, 5.74) is 31.9. The van der Waals surface area contributed by atoms with Crippen molar-refractivity contribution in [3.05, 3.63) is 168 Å². The van der Waals surface area contributed by atoms with Crippen LogP contribution in [-0.4, -0.2) is 82.2 Å². The highest BCUT2D eigenvalue weighted by Crippen LogP contribution is 2.37. The predicted octanol–water partition coefficient (Wildman–Crippen LogP) is 8.69. The van der Waals surface area contributed by atoms with Crippen LogP contribution < -0.4 is 33.6 Å². The molecule has 14 nitrogen and oxygen atoms in total. The van der Waals surface area contributed by atoms with Crippen LogP contribution in [0.1, 0.15) is 67.4 Å². The molecule has 8 aromatic rings. The van der Waals surface area contributed by atoms with E-state index >= 15 is 0 Å². The second-order valence-corrected chi connectivity index (χ2v) is 16.9. The third-order valence-electron chi connectivity index (χ3n) is 11.9. The van der Waals surface area contributed by atoms with Crippen LogP contribution >= 0.6 is 12.4 Å². The fourth-order valence-corrected chi connectivity index (χ4v) is 8.13. The average Bonchev–Trinajstić information content (AvgIpc) is 3.95. The number of hydrogen-bond acceptors (Lipinski definition) is 8. The molecule has 2 aromatic heterocycles. The van der Waals surface area contributed by atoms with Crippen molar-refractivity contribution in [3.63, 3.8) is 0 Å². The number of aromatic amines is 2. The van der Waals surface area contributed by atoms with Gasteiger partial charge in [-0.1, -0.05) is 72.8 Å². The van der Waals surface area contributed by atoms with Crippen molar-refractivity contribution in [2.24, 2.45) is 22.9 Å². The minimum absolute atomic E-state index is 0. The number of benzene rings is 6. The largest absolute Gasteiger partial charge is 0.478 e. The maximum absolute atomic E-state index is 13.4. The molecule has 2 atom stereocenters. The van der Waals surface area contributed by atoms with Gasteiger partial charge in [-0.2, -0.15) is 0 Å². The number of carbonyl (C=O) groups is 4. The summed E-state index contributed by atoms with van der Waals surface area (Å²) < 4.78 is 26.7. The number of amides is 2. The van der Waals surface area contributed by atoms with Crippen LogP contribution in [0.5, 0.6) is 0 Å². The number of carbonyl (C=O) groups excluding carboxylic acids is 2. The summed E-state index contributed by atoms with van der Waals surface area (Å²) in [6, 6.07) is 36.1. The second kappa shape index (κ2) is 24.2. The highest BCUT2D eigenvalue weighted by atomic mass is 35.5. The van der Waals surface area contributed by atoms with Crippen molar-refractivity contribution in [1.82, 2.24) is 20.6 Å². The molecule has 8 rings (SSSR count). The number of nitrogens with two attached hydrogens (primary N) is 4. The van der Waals surface area contributed by atoms with E-state index in [4.69, 9.17) is 22.9 Å². The number of hydrogen-bond donors (Lipinski definition) is 10. The van der Waals surface area contributed by atoms with Gasteiger partial charge in [0, 0.05) is 58.1 Å². The van der Waals surface area contributed by atoms with E-state index in [1.54, 1.807) is 48.5 Å². The normalized spacial score (nSPS) is 11.8. The van der Waals surface area contributed by atoms with Gasteiger partial charge in [-0.3, -0.25) is 9.59 Å². The molecule has 14 N–H and O–H groups in total. The minimum Gasteiger partial charge on any atom is -0.478 e. The molecule has 0 radical (unpaired) electrons. The van der Waals surface area contributed by atoms with Crippen LogP contribution in [0.15, 0.2) is 133 Å². The minimum atomic E-state index is -1.02. The van der Waals surface area contributed by atoms with Gasteiger partial charge in [0.25, 0.3) is 11.8 Å². The number of fused-ring (bicyclic) bond motifs is 2. The molecule has 0 spiro atoms. The Morgan fingerprint density at radius 3 is 1.14 bits per heavy atom. The number of H-pyrrole nitrogens is 2. The fourth-order valence-electron chi connectivity index (χ4n) is 8.13. The molecule has 0 bridgehead atoms. The zero-order valence-corrected chi connectivity index (χ0v) is 39.3. The maximum Gasteiger partial charge on any atom is 0.335 e. The number of carboxylic acid groups (broad SMARTS) is 2. The van der Waals surface area contributed by atoms with Crippen molar-refractivity contribution < 1.29 is 38.2 Å². The molecular formula is C54H55ClF2N8O6. The summed E-state index contributed by atoms with van der Waals surface area (Å²) >= 11 is 0. The first-order valence-electron chi connectivity index (χ1n) is 22.7. The number of aromatic carboxylic acids is 2. The number of carboxylic acids is 2. The quantitative estimate of drug-likeness (QED) is 0.0391. The first-order valence-corrected chi connectivity index (χ1v) is 22.7. The molecular weight excluding hydrogens is 930 g/mol. The van der Waals surface area contributed by atoms with Gasteiger partial charge >= 0.3 is 11.9 Å². The highest BCUT2D eigenvalue weighted by Gasteiger charge is 2.23. The van der Waals surface area contributed by atoms with E-state index in [2.05, 4.69) is 20.6 Å². The summed E-state index contributed by atoms with van der Waals surface area (Å²) in [5.74, 6) is -3.31. The summed E-state index contributed by atoms with van der Waals surface area (Å²) in [6.45, 7) is 1.67. The standard InChI is InChI=1S/2C27H27FN4O3.ClH/c2*28-20-10-7-16(8-11-20)19-9-12-22-23(14-19)32-25(26(33)31-15-21(30)2-1-13-29)24(22)17-3-5-18(6-4-17)27(34)35;/h2*3-12,14,21,32H,1-2,13,15,29-30H2,(H,31,33)(H,34,35);1H/t2*21-;/m00./s1. The van der Waals surface area contributed by atoms with Gasteiger partial charge in [0.2, 0.25) is 0 Å². The van der Waals surface area contributed by atoms with Crippen molar-refractivity contribution in [1.29, 1.82) is 0 Å². The van der Waals surface area contributed by atoms with Gasteiger partial charge < -0.3 is 53.7 Å². The van der Waals surface area contributed by atoms with Gasteiger partial charge in [0.15, 0.2) is 0 Å². The molecule has 0 aliphatic carbocycles. The first-order chi connectivity index (χ1) is 33.7. The third kappa shape index (κ3) is 12.9. The van der Waals surface area contributed by atoms with E-state index in [0.29, 0.717) is 72.7 Å². The Labute approximate surface area is 414 Å². The van der Waals surface area contributed by atoms with E-state index in [9.17, 15) is 38.2 Å². The van der Waals surface area contributed by atoms with Gasteiger partial charge in [-0.05, 0) is 133 Å². The van der Waals surface area contributed by atoms with Gasteiger partial charge in [0.05, 0.1) is 11.1 Å². The molecule has 0 aliphatic heterocycles. The van der Waals surface area contributed by atoms with Crippen LogP contribution in [0.2, 0.25) is 0 Å². The molecule has 0 saturated carbocycles. The summed E-state index contributed by atoms with van der Waals surface area (Å²) in [5, 5.41) is 25.9. The van der Waals surface area contributed by atoms with Crippen molar-refractivity contribution in [2.45, 2.75) is 37.8 Å².